The number of hydrogen-bond acceptors (Lipinski definition) is 9. The van der Waals surface area contributed by atoms with Crippen LogP contribution in [-0.4, -0.2) is 52.9 Å². The van der Waals surface area contributed by atoms with E-state index in [1.165, 1.54) is 30.3 Å². The predicted molar refractivity (Wildman–Crippen MR) is 112 cm³/mol. The van der Waals surface area contributed by atoms with Gasteiger partial charge in [0.1, 0.15) is 11.3 Å². The van der Waals surface area contributed by atoms with E-state index in [9.17, 15) is 9.90 Å². The van der Waals surface area contributed by atoms with Crippen LogP contribution in [-0.2, 0) is 21.0 Å². The zero-order valence-electron chi connectivity index (χ0n) is 16.2. The third-order valence-corrected chi connectivity index (χ3v) is 3.88. The van der Waals surface area contributed by atoms with Crippen LogP contribution in [0.1, 0.15) is 5.56 Å². The van der Waals surface area contributed by atoms with Crippen LogP contribution < -0.4 is 10.9 Å². The minimum absolute atomic E-state index is 0.124. The molecule has 5 N–H and O–H groups in total. The molecular weight excluding hydrogens is 467 g/mol. The Morgan fingerprint density at radius 3 is 2.42 bits per heavy atom. The molecule has 31 heavy (non-hydrogen) atoms. The number of nitrogens with zero attached hydrogens (tertiary/aromatic N) is 1. The van der Waals surface area contributed by atoms with Crippen LogP contribution in [0.5, 0.6) is 17.2 Å². The first-order valence-electron chi connectivity index (χ1n) is 8.84. The second kappa shape index (κ2) is 14.3. The molecule has 0 aliphatic heterocycles. The summed E-state index contributed by atoms with van der Waals surface area (Å²) in [5.41, 5.74) is 0.370. The van der Waals surface area contributed by atoms with Crippen molar-refractivity contribution in [2.75, 3.05) is 26.2 Å². The van der Waals surface area contributed by atoms with E-state index in [1.54, 1.807) is 18.3 Å². The van der Waals surface area contributed by atoms with Crippen LogP contribution in [0.4, 0.5) is 0 Å². The molecule has 165 valence electrons. The van der Waals surface area contributed by atoms with Gasteiger partial charge in [0, 0.05) is 47.4 Å². The molecule has 0 saturated heterocycles. The molecule has 1 heterocycles. The normalized spacial score (nSPS) is 10.2. The number of phenols is 3. The Balaban J connectivity index is 0.000000291. The van der Waals surface area contributed by atoms with E-state index in [2.05, 4.69) is 10.3 Å². The summed E-state index contributed by atoms with van der Waals surface area (Å²) in [5, 5.41) is 40.3. The van der Waals surface area contributed by atoms with Crippen molar-refractivity contribution in [2.45, 2.75) is 0 Å². The molecule has 0 aliphatic carbocycles. The quantitative estimate of drug-likeness (QED) is 0.153. The molecule has 0 aliphatic rings. The first-order valence-corrected chi connectivity index (χ1v) is 9.79. The average molecular weight is 488 g/mol. The summed E-state index contributed by atoms with van der Waals surface area (Å²) >= 11 is 6.85. The summed E-state index contributed by atoms with van der Waals surface area (Å²) in [4.78, 5) is 14.9. The molecular formula is C20H21ClN2O7V. The van der Waals surface area contributed by atoms with Crippen molar-refractivity contribution in [3.8, 4) is 17.2 Å². The summed E-state index contributed by atoms with van der Waals surface area (Å²) in [6, 6.07) is 10.1. The van der Waals surface area contributed by atoms with Gasteiger partial charge in [-0.05, 0) is 30.3 Å². The Morgan fingerprint density at radius 1 is 1.00 bits per heavy atom. The maximum atomic E-state index is 10.8. The monoisotopic (exact) mass is 487 g/mol. The number of aliphatic hydroxyl groups excluding tert-OH is 1. The van der Waals surface area contributed by atoms with Gasteiger partial charge in [0.15, 0.2) is 11.5 Å². The van der Waals surface area contributed by atoms with Crippen molar-refractivity contribution in [3.05, 3.63) is 63.5 Å². The standard InChI is InChI=1S/C11H15ClN2O2.C9H6O4.O.V/c12-10-1-2-11(16)9(7-10)8-14-4-3-13-5-6-15;10-6-3-5-1-2-9(12)13-8(5)4-7(6)11;;/h1-2,7-8,13,15-16H,3-6H2;1-4,10-11H;;. The van der Waals surface area contributed by atoms with Gasteiger partial charge in [-0.2, -0.15) is 0 Å². The zero-order valence-corrected chi connectivity index (χ0v) is 18.4. The topological polar surface area (TPSA) is 153 Å². The van der Waals surface area contributed by atoms with Gasteiger partial charge >= 0.3 is 26.7 Å². The van der Waals surface area contributed by atoms with Gasteiger partial charge in [-0.15, -0.1) is 0 Å². The summed E-state index contributed by atoms with van der Waals surface area (Å²) in [6.45, 7) is 1.97. The van der Waals surface area contributed by atoms with Crippen LogP contribution in [0.2, 0.25) is 5.02 Å². The Labute approximate surface area is 191 Å². The molecule has 1 aromatic heterocycles. The predicted octanol–water partition coefficient (Wildman–Crippen LogP) is 2.13. The summed E-state index contributed by atoms with van der Waals surface area (Å²) < 4.78 is 13.0. The molecule has 3 aromatic rings. The van der Waals surface area contributed by atoms with Crippen LogP contribution >= 0.6 is 11.6 Å². The number of phenolic OH excluding ortho intramolecular Hbond substituents is 3. The minimum atomic E-state index is -0.488. The van der Waals surface area contributed by atoms with Crippen LogP contribution in [0, 0.1) is 0 Å². The molecule has 0 amide bonds. The maximum absolute atomic E-state index is 10.8. The number of rotatable bonds is 6. The van der Waals surface area contributed by atoms with Crippen molar-refractivity contribution in [3.63, 3.8) is 0 Å². The summed E-state index contributed by atoms with van der Waals surface area (Å²) in [6.07, 6.45) is 1.59. The Hall–Kier alpha value is -2.69. The fraction of sp³-hybridized carbons (Fsp3) is 0.200. The Morgan fingerprint density at radius 2 is 1.71 bits per heavy atom. The van der Waals surface area contributed by atoms with Gasteiger partial charge in [0.05, 0.1) is 13.2 Å². The van der Waals surface area contributed by atoms with E-state index in [1.807, 2.05) is 0 Å². The second-order valence-electron chi connectivity index (χ2n) is 5.85. The number of nitrogens with one attached hydrogen (secondary N) is 1. The number of aliphatic imine (C=N–C) groups is 1. The Bertz CT molecular complexity index is 1060. The van der Waals surface area contributed by atoms with E-state index in [4.69, 9.17) is 35.0 Å². The number of aliphatic hydroxyl groups is 1. The number of hydrogen-bond donors (Lipinski definition) is 5. The van der Waals surface area contributed by atoms with Crippen molar-refractivity contribution in [1.29, 1.82) is 0 Å². The molecule has 0 spiro atoms. The van der Waals surface area contributed by atoms with Gasteiger partial charge in [0.25, 0.3) is 0 Å². The summed E-state index contributed by atoms with van der Waals surface area (Å²) in [7, 11) is 0. The molecule has 9 nitrogen and oxygen atoms in total. The third-order valence-electron chi connectivity index (χ3n) is 3.64. The van der Waals surface area contributed by atoms with E-state index < -0.39 is 5.63 Å². The van der Waals surface area contributed by atoms with E-state index in [0.717, 1.165) is 17.4 Å². The Kier molecular flexibility index (Phi) is 12.2. The number of fused-ring (bicyclic) bond motifs is 1. The average Bonchev–Trinajstić information content (AvgIpc) is 2.76. The molecule has 0 radical (unpaired) electrons. The van der Waals surface area contributed by atoms with Crippen LogP contribution in [0.15, 0.2) is 56.7 Å². The van der Waals surface area contributed by atoms with Gasteiger partial charge < -0.3 is 30.2 Å². The summed E-state index contributed by atoms with van der Waals surface area (Å²) in [5.74, 6) is -0.375. The first-order chi connectivity index (χ1) is 14.9. The van der Waals surface area contributed by atoms with Crippen LogP contribution in [0.3, 0.4) is 0 Å². The van der Waals surface area contributed by atoms with Gasteiger partial charge in [0.2, 0.25) is 0 Å². The number of halogens is 1. The first kappa shape index (κ1) is 26.3. The van der Waals surface area contributed by atoms with Crippen molar-refractivity contribution in [2.24, 2.45) is 4.99 Å². The van der Waals surface area contributed by atoms with Gasteiger partial charge in [-0.25, -0.2) is 4.79 Å². The van der Waals surface area contributed by atoms with E-state index in [-0.39, 0.29) is 29.4 Å². The fourth-order valence-electron chi connectivity index (χ4n) is 2.23. The van der Waals surface area contributed by atoms with Gasteiger partial charge in [-0.3, -0.25) is 4.99 Å². The number of benzene rings is 2. The molecule has 0 unspecified atom stereocenters. The number of aromatic hydroxyl groups is 3. The molecule has 0 bridgehead atoms. The van der Waals surface area contributed by atoms with Crippen molar-refractivity contribution in [1.82, 2.24) is 5.32 Å². The van der Waals surface area contributed by atoms with E-state index in [0.29, 0.717) is 35.6 Å². The fourth-order valence-corrected chi connectivity index (χ4v) is 2.41. The third kappa shape index (κ3) is 9.33. The molecule has 3 rings (SSSR count). The molecule has 0 fully saturated rings. The molecule has 2 aromatic carbocycles. The van der Waals surface area contributed by atoms with Crippen LogP contribution in [0.25, 0.3) is 11.0 Å². The van der Waals surface area contributed by atoms with E-state index >= 15 is 0 Å². The zero-order chi connectivity index (χ0) is 23.2. The molecule has 0 atom stereocenters. The van der Waals surface area contributed by atoms with Crippen molar-refractivity contribution >= 4 is 28.8 Å². The molecule has 11 heteroatoms. The van der Waals surface area contributed by atoms with Crippen molar-refractivity contribution < 1.29 is 45.9 Å². The molecule has 0 saturated carbocycles. The SMILES string of the molecule is O=c1ccc2cc(O)c(O)cc2o1.OCCNCCN=Cc1cc(Cl)ccc1O.[O]=[V]. The van der Waals surface area contributed by atoms with Gasteiger partial charge in [-0.1, -0.05) is 11.6 Å². The second-order valence-corrected chi connectivity index (χ2v) is 6.28.